The Bertz CT molecular complexity index is 502. The molecular weight excluding hydrogens is 378 g/mol. The molecule has 2 rings (SSSR count). The van der Waals surface area contributed by atoms with Gasteiger partial charge in [-0.05, 0) is 44.3 Å². The molecule has 0 aliphatic rings. The largest absolute Gasteiger partial charge is 0.302 e. The van der Waals surface area contributed by atoms with Gasteiger partial charge in [-0.1, -0.05) is 6.92 Å². The lowest BCUT2D eigenvalue weighted by atomic mass is 10.2. The fraction of sp³-hybridized carbons (Fsp3) is 0.333. The SMILES string of the molecule is CCC(NCc1ncc(Br)cc1Br)c1nccs1. The van der Waals surface area contributed by atoms with Crippen molar-refractivity contribution in [2.24, 2.45) is 0 Å². The molecule has 0 fully saturated rings. The van der Waals surface area contributed by atoms with Gasteiger partial charge in [0.1, 0.15) is 5.01 Å². The topological polar surface area (TPSA) is 37.8 Å². The van der Waals surface area contributed by atoms with Crippen molar-refractivity contribution in [2.45, 2.75) is 25.9 Å². The Morgan fingerprint density at radius 3 is 2.83 bits per heavy atom. The maximum atomic E-state index is 4.39. The van der Waals surface area contributed by atoms with Crippen LogP contribution in [0.15, 0.2) is 32.8 Å². The Hall–Kier alpha value is -0.300. The minimum atomic E-state index is 0.294. The summed E-state index contributed by atoms with van der Waals surface area (Å²) in [6, 6.07) is 2.30. The first-order valence-electron chi connectivity index (χ1n) is 5.63. The molecule has 3 nitrogen and oxygen atoms in total. The van der Waals surface area contributed by atoms with Gasteiger partial charge in [-0.3, -0.25) is 4.98 Å². The predicted molar refractivity (Wildman–Crippen MR) is 81.6 cm³/mol. The van der Waals surface area contributed by atoms with Crippen molar-refractivity contribution in [1.29, 1.82) is 0 Å². The van der Waals surface area contributed by atoms with E-state index in [9.17, 15) is 0 Å². The molecule has 96 valence electrons. The molecule has 0 amide bonds. The first-order valence-corrected chi connectivity index (χ1v) is 8.10. The molecule has 1 atom stereocenters. The van der Waals surface area contributed by atoms with E-state index in [0.29, 0.717) is 6.04 Å². The third-order valence-electron chi connectivity index (χ3n) is 2.56. The Balaban J connectivity index is 2.02. The van der Waals surface area contributed by atoms with Crippen LogP contribution < -0.4 is 5.32 Å². The number of rotatable bonds is 5. The summed E-state index contributed by atoms with van der Waals surface area (Å²) in [5.74, 6) is 0. The van der Waals surface area contributed by atoms with Gasteiger partial charge in [-0.2, -0.15) is 0 Å². The number of aromatic nitrogens is 2. The number of pyridine rings is 1. The van der Waals surface area contributed by atoms with Crippen LogP contribution in [-0.2, 0) is 6.54 Å². The number of halogens is 2. The lowest BCUT2D eigenvalue weighted by Crippen LogP contribution is -2.21. The van der Waals surface area contributed by atoms with E-state index in [0.717, 1.165) is 32.6 Å². The third-order valence-corrected chi connectivity index (χ3v) is 4.57. The van der Waals surface area contributed by atoms with E-state index in [1.54, 1.807) is 11.3 Å². The van der Waals surface area contributed by atoms with Crippen molar-refractivity contribution < 1.29 is 0 Å². The van der Waals surface area contributed by atoms with E-state index >= 15 is 0 Å². The molecule has 18 heavy (non-hydrogen) atoms. The average Bonchev–Trinajstić information content (AvgIpc) is 2.86. The highest BCUT2D eigenvalue weighted by Gasteiger charge is 2.12. The van der Waals surface area contributed by atoms with Crippen LogP contribution in [0.25, 0.3) is 0 Å². The van der Waals surface area contributed by atoms with Crippen LogP contribution in [0.4, 0.5) is 0 Å². The quantitative estimate of drug-likeness (QED) is 0.826. The van der Waals surface area contributed by atoms with Gasteiger partial charge in [0.15, 0.2) is 0 Å². The first-order chi connectivity index (χ1) is 8.70. The van der Waals surface area contributed by atoms with E-state index < -0.39 is 0 Å². The van der Waals surface area contributed by atoms with Gasteiger partial charge >= 0.3 is 0 Å². The number of thiazole rings is 1. The molecule has 1 unspecified atom stereocenters. The zero-order chi connectivity index (χ0) is 13.0. The molecular formula is C12H13Br2N3S. The van der Waals surface area contributed by atoms with Gasteiger partial charge in [-0.25, -0.2) is 4.98 Å². The predicted octanol–water partition coefficient (Wildman–Crippen LogP) is 4.30. The Labute approximate surface area is 127 Å². The second-order valence-corrected chi connectivity index (χ2v) is 6.49. The summed E-state index contributed by atoms with van der Waals surface area (Å²) >= 11 is 8.61. The number of nitrogens with one attached hydrogen (secondary N) is 1. The molecule has 0 bridgehead atoms. The van der Waals surface area contributed by atoms with E-state index in [1.807, 2.05) is 23.8 Å². The fourth-order valence-corrected chi connectivity index (χ4v) is 3.53. The summed E-state index contributed by atoms with van der Waals surface area (Å²) in [6.07, 6.45) is 4.67. The van der Waals surface area contributed by atoms with Crippen LogP contribution in [0.2, 0.25) is 0 Å². The molecule has 0 aliphatic heterocycles. The van der Waals surface area contributed by atoms with Crippen LogP contribution >= 0.6 is 43.2 Å². The van der Waals surface area contributed by atoms with Gasteiger partial charge < -0.3 is 5.32 Å². The molecule has 1 N–H and O–H groups in total. The van der Waals surface area contributed by atoms with Crippen LogP contribution in [0.5, 0.6) is 0 Å². The van der Waals surface area contributed by atoms with Crippen molar-refractivity contribution in [3.63, 3.8) is 0 Å². The number of hydrogen-bond acceptors (Lipinski definition) is 4. The zero-order valence-electron chi connectivity index (χ0n) is 9.86. The lowest BCUT2D eigenvalue weighted by molar-refractivity contribution is 0.511. The lowest BCUT2D eigenvalue weighted by Gasteiger charge is -2.14. The highest BCUT2D eigenvalue weighted by molar-refractivity contribution is 9.11. The molecule has 0 saturated heterocycles. The van der Waals surface area contributed by atoms with Crippen molar-refractivity contribution in [2.75, 3.05) is 0 Å². The summed E-state index contributed by atoms with van der Waals surface area (Å²) in [7, 11) is 0. The molecule has 0 spiro atoms. The van der Waals surface area contributed by atoms with Crippen LogP contribution in [0.1, 0.15) is 30.1 Å². The maximum absolute atomic E-state index is 4.39. The van der Waals surface area contributed by atoms with E-state index in [4.69, 9.17) is 0 Å². The highest BCUT2D eigenvalue weighted by atomic mass is 79.9. The van der Waals surface area contributed by atoms with Crippen LogP contribution in [-0.4, -0.2) is 9.97 Å². The summed E-state index contributed by atoms with van der Waals surface area (Å²) < 4.78 is 1.99. The summed E-state index contributed by atoms with van der Waals surface area (Å²) in [4.78, 5) is 8.74. The van der Waals surface area contributed by atoms with Crippen LogP contribution in [0, 0.1) is 0 Å². The van der Waals surface area contributed by atoms with Gasteiger partial charge in [0, 0.05) is 33.3 Å². The van der Waals surface area contributed by atoms with Crippen molar-refractivity contribution in [3.8, 4) is 0 Å². The van der Waals surface area contributed by atoms with Crippen molar-refractivity contribution in [1.82, 2.24) is 15.3 Å². The van der Waals surface area contributed by atoms with Crippen molar-refractivity contribution in [3.05, 3.63) is 43.5 Å². The molecule has 0 saturated carbocycles. The summed E-state index contributed by atoms with van der Waals surface area (Å²) in [5.41, 5.74) is 1.01. The van der Waals surface area contributed by atoms with Gasteiger partial charge in [0.2, 0.25) is 0 Å². The highest BCUT2D eigenvalue weighted by Crippen LogP contribution is 2.22. The monoisotopic (exact) mass is 389 g/mol. The fourth-order valence-electron chi connectivity index (χ4n) is 1.61. The normalized spacial score (nSPS) is 12.6. The van der Waals surface area contributed by atoms with E-state index in [2.05, 4.69) is 54.1 Å². The second kappa shape index (κ2) is 6.75. The molecule has 6 heteroatoms. The number of hydrogen-bond donors (Lipinski definition) is 1. The smallest absolute Gasteiger partial charge is 0.109 e. The van der Waals surface area contributed by atoms with Crippen molar-refractivity contribution >= 4 is 43.2 Å². The Kier molecular flexibility index (Phi) is 5.29. The standard InChI is InChI=1S/C12H13Br2N3S/c1-2-10(12-15-3-4-18-12)17-7-11-9(14)5-8(13)6-16-11/h3-6,10,17H,2,7H2,1H3. The Morgan fingerprint density at radius 2 is 2.22 bits per heavy atom. The molecule has 2 aromatic heterocycles. The molecule has 2 heterocycles. The first kappa shape index (κ1) is 14.1. The van der Waals surface area contributed by atoms with E-state index in [1.165, 1.54) is 0 Å². The third kappa shape index (κ3) is 3.60. The van der Waals surface area contributed by atoms with Gasteiger partial charge in [0.25, 0.3) is 0 Å². The molecule has 0 radical (unpaired) electrons. The van der Waals surface area contributed by atoms with Gasteiger partial charge in [-0.15, -0.1) is 11.3 Å². The summed E-state index contributed by atoms with van der Waals surface area (Å²) in [5, 5.41) is 6.63. The van der Waals surface area contributed by atoms with E-state index in [-0.39, 0.29) is 0 Å². The number of nitrogens with zero attached hydrogens (tertiary/aromatic N) is 2. The van der Waals surface area contributed by atoms with Crippen LogP contribution in [0.3, 0.4) is 0 Å². The maximum Gasteiger partial charge on any atom is 0.109 e. The average molecular weight is 391 g/mol. The second-order valence-electron chi connectivity index (χ2n) is 3.79. The molecule has 2 aromatic rings. The van der Waals surface area contributed by atoms with Gasteiger partial charge in [0.05, 0.1) is 11.7 Å². The minimum absolute atomic E-state index is 0.294. The molecule has 0 aromatic carbocycles. The Morgan fingerprint density at radius 1 is 1.39 bits per heavy atom. The minimum Gasteiger partial charge on any atom is -0.302 e. The zero-order valence-corrected chi connectivity index (χ0v) is 13.8. The summed E-state index contributed by atoms with van der Waals surface area (Å²) in [6.45, 7) is 2.88. The molecule has 0 aliphatic carbocycles.